The Hall–Kier alpha value is -4.22. The third-order valence-electron chi connectivity index (χ3n) is 5.05. The van der Waals surface area contributed by atoms with Crippen LogP contribution in [0, 0.1) is 0 Å². The second-order valence-corrected chi connectivity index (χ2v) is 8.01. The van der Waals surface area contributed by atoms with E-state index in [2.05, 4.69) is 10.9 Å². The van der Waals surface area contributed by atoms with Crippen molar-refractivity contribution in [3.05, 3.63) is 108 Å². The summed E-state index contributed by atoms with van der Waals surface area (Å²) in [6, 6.07) is 26.6. The van der Waals surface area contributed by atoms with Gasteiger partial charge in [0.05, 0.1) is 0 Å². The number of esters is 1. The first-order valence-corrected chi connectivity index (χ1v) is 11.4. The molecule has 0 aliphatic rings. The molecular formula is C27H27F3N2O6. The Bertz CT molecular complexity index is 1150. The van der Waals surface area contributed by atoms with E-state index in [9.17, 15) is 27.9 Å². The highest BCUT2D eigenvalue weighted by Crippen LogP contribution is 2.13. The van der Waals surface area contributed by atoms with E-state index in [0.717, 1.165) is 16.7 Å². The molecule has 8 nitrogen and oxygen atoms in total. The molecule has 0 radical (unpaired) electrons. The number of benzene rings is 3. The first kappa shape index (κ1) is 30.0. The number of hydrogen-bond donors (Lipinski definition) is 4. The zero-order valence-electron chi connectivity index (χ0n) is 20.1. The Kier molecular flexibility index (Phi) is 11.9. The molecule has 2 atom stereocenters. The van der Waals surface area contributed by atoms with E-state index in [-0.39, 0.29) is 13.0 Å². The molecule has 0 aromatic heterocycles. The highest BCUT2D eigenvalue weighted by molar-refractivity contribution is 5.77. The molecule has 202 valence electrons. The average molecular weight is 533 g/mol. The third kappa shape index (κ3) is 11.2. The minimum atomic E-state index is -5.08. The fraction of sp³-hybridized carbons (Fsp3) is 0.222. The molecule has 3 aromatic rings. The Labute approximate surface area is 217 Å². The van der Waals surface area contributed by atoms with Crippen molar-refractivity contribution < 1.29 is 42.5 Å². The molecule has 0 amide bonds. The SMILES string of the molecule is O=C(O)C(F)(F)F.O=C(O)[C@H](Cc1ccccc1)NN[C@@H](Cc1ccccc1)C(=O)OCc1ccccc1. The number of alkyl halides is 3. The lowest BCUT2D eigenvalue weighted by Gasteiger charge is -2.22. The van der Waals surface area contributed by atoms with E-state index < -0.39 is 36.2 Å². The number of ether oxygens (including phenoxy) is 1. The van der Waals surface area contributed by atoms with Crippen LogP contribution in [0.5, 0.6) is 0 Å². The van der Waals surface area contributed by atoms with Gasteiger partial charge in [-0.3, -0.25) is 9.59 Å². The molecule has 0 saturated heterocycles. The lowest BCUT2D eigenvalue weighted by atomic mass is 10.1. The number of carbonyl (C=O) groups is 3. The lowest BCUT2D eigenvalue weighted by molar-refractivity contribution is -0.192. The Morgan fingerprint density at radius 3 is 1.45 bits per heavy atom. The fourth-order valence-electron chi connectivity index (χ4n) is 3.12. The van der Waals surface area contributed by atoms with E-state index in [0.29, 0.717) is 6.42 Å². The largest absolute Gasteiger partial charge is 0.490 e. The van der Waals surface area contributed by atoms with E-state index in [1.54, 1.807) is 0 Å². The molecule has 4 N–H and O–H groups in total. The Morgan fingerprint density at radius 1 is 0.684 bits per heavy atom. The molecule has 0 spiro atoms. The first-order chi connectivity index (χ1) is 18.1. The maximum absolute atomic E-state index is 12.8. The normalized spacial score (nSPS) is 12.4. The zero-order valence-corrected chi connectivity index (χ0v) is 20.1. The smallest absolute Gasteiger partial charge is 0.480 e. The second kappa shape index (κ2) is 15.1. The zero-order chi connectivity index (χ0) is 28.0. The van der Waals surface area contributed by atoms with Gasteiger partial charge < -0.3 is 14.9 Å². The monoisotopic (exact) mass is 532 g/mol. The molecule has 0 heterocycles. The predicted octanol–water partition coefficient (Wildman–Crippen LogP) is 3.76. The first-order valence-electron chi connectivity index (χ1n) is 11.4. The number of nitrogens with one attached hydrogen (secondary N) is 2. The third-order valence-corrected chi connectivity index (χ3v) is 5.05. The highest BCUT2D eigenvalue weighted by Gasteiger charge is 2.38. The molecule has 38 heavy (non-hydrogen) atoms. The van der Waals surface area contributed by atoms with Crippen LogP contribution in [0.1, 0.15) is 16.7 Å². The van der Waals surface area contributed by atoms with E-state index in [4.69, 9.17) is 14.6 Å². The Balaban J connectivity index is 0.000000638. The van der Waals surface area contributed by atoms with Crippen molar-refractivity contribution in [2.24, 2.45) is 0 Å². The van der Waals surface area contributed by atoms with Gasteiger partial charge in [0.15, 0.2) is 0 Å². The molecule has 0 saturated carbocycles. The summed E-state index contributed by atoms with van der Waals surface area (Å²) in [7, 11) is 0. The summed E-state index contributed by atoms with van der Waals surface area (Å²) in [5.41, 5.74) is 8.42. The van der Waals surface area contributed by atoms with Gasteiger partial charge in [0.1, 0.15) is 18.7 Å². The van der Waals surface area contributed by atoms with E-state index in [1.807, 2.05) is 91.0 Å². The van der Waals surface area contributed by atoms with E-state index >= 15 is 0 Å². The molecule has 11 heteroatoms. The number of rotatable bonds is 11. The summed E-state index contributed by atoms with van der Waals surface area (Å²) in [6.45, 7) is 0.152. The van der Waals surface area contributed by atoms with Gasteiger partial charge in [-0.05, 0) is 29.5 Å². The summed E-state index contributed by atoms with van der Waals surface area (Å²) in [5.74, 6) is -4.22. The molecule has 0 bridgehead atoms. The van der Waals surface area contributed by atoms with Crippen LogP contribution in [0.4, 0.5) is 13.2 Å². The quantitative estimate of drug-likeness (QED) is 0.217. The summed E-state index contributed by atoms with van der Waals surface area (Å²) >= 11 is 0. The minimum Gasteiger partial charge on any atom is -0.480 e. The molecule has 3 rings (SSSR count). The van der Waals surface area contributed by atoms with Crippen molar-refractivity contribution in [2.75, 3.05) is 0 Å². The van der Waals surface area contributed by atoms with Gasteiger partial charge in [0.2, 0.25) is 0 Å². The van der Waals surface area contributed by atoms with Gasteiger partial charge in [0, 0.05) is 0 Å². The predicted molar refractivity (Wildman–Crippen MR) is 132 cm³/mol. The van der Waals surface area contributed by atoms with Gasteiger partial charge >= 0.3 is 24.1 Å². The van der Waals surface area contributed by atoms with Crippen molar-refractivity contribution in [2.45, 2.75) is 37.7 Å². The van der Waals surface area contributed by atoms with Crippen molar-refractivity contribution >= 4 is 17.9 Å². The van der Waals surface area contributed by atoms with Crippen molar-refractivity contribution in [1.29, 1.82) is 0 Å². The highest BCUT2D eigenvalue weighted by atomic mass is 19.4. The van der Waals surface area contributed by atoms with Gasteiger partial charge in [-0.2, -0.15) is 13.2 Å². The fourth-order valence-corrected chi connectivity index (χ4v) is 3.12. The van der Waals surface area contributed by atoms with Crippen LogP contribution in [0.2, 0.25) is 0 Å². The number of aliphatic carboxylic acids is 2. The van der Waals surface area contributed by atoms with Gasteiger partial charge in [-0.1, -0.05) is 91.0 Å². The number of carboxylic acids is 2. The van der Waals surface area contributed by atoms with Gasteiger partial charge in [0.25, 0.3) is 0 Å². The standard InChI is InChI=1S/C25H26N2O4.C2HF3O2/c28-24(29)22(16-19-10-4-1-5-11-19)26-27-23(17-20-12-6-2-7-13-20)25(30)31-18-21-14-8-3-9-15-21;3-2(4,5)1(6)7/h1-15,22-23,26-27H,16-18H2,(H,28,29);(H,6,7)/t22-,23-;/m0./s1. The molecule has 3 aromatic carbocycles. The van der Waals surface area contributed by atoms with Crippen LogP contribution >= 0.6 is 0 Å². The number of carboxylic acid groups (broad SMARTS) is 2. The number of hydrogen-bond acceptors (Lipinski definition) is 6. The van der Waals surface area contributed by atoms with Crippen molar-refractivity contribution in [3.63, 3.8) is 0 Å². The van der Waals surface area contributed by atoms with Crippen LogP contribution in [-0.2, 0) is 38.6 Å². The molecule has 0 fully saturated rings. The van der Waals surface area contributed by atoms with Crippen LogP contribution in [0.25, 0.3) is 0 Å². The molecular weight excluding hydrogens is 505 g/mol. The van der Waals surface area contributed by atoms with Crippen LogP contribution in [-0.4, -0.2) is 46.4 Å². The maximum atomic E-state index is 12.8. The molecule has 0 unspecified atom stereocenters. The van der Waals surface area contributed by atoms with Crippen LogP contribution < -0.4 is 10.9 Å². The maximum Gasteiger partial charge on any atom is 0.490 e. The summed E-state index contributed by atoms with van der Waals surface area (Å²) in [5, 5.41) is 16.7. The molecule has 0 aliphatic carbocycles. The average Bonchev–Trinajstić information content (AvgIpc) is 2.90. The van der Waals surface area contributed by atoms with Gasteiger partial charge in [-0.15, -0.1) is 0 Å². The van der Waals surface area contributed by atoms with Crippen LogP contribution in [0.15, 0.2) is 91.0 Å². The minimum absolute atomic E-state index is 0.152. The summed E-state index contributed by atoms with van der Waals surface area (Å²) < 4.78 is 37.2. The number of carbonyl (C=O) groups excluding carboxylic acids is 1. The Morgan fingerprint density at radius 2 is 1.05 bits per heavy atom. The van der Waals surface area contributed by atoms with E-state index in [1.165, 1.54) is 0 Å². The van der Waals surface area contributed by atoms with Crippen molar-refractivity contribution in [1.82, 2.24) is 10.9 Å². The van der Waals surface area contributed by atoms with Crippen LogP contribution in [0.3, 0.4) is 0 Å². The van der Waals surface area contributed by atoms with Gasteiger partial charge in [-0.25, -0.2) is 15.6 Å². The topological polar surface area (TPSA) is 125 Å². The number of hydrazine groups is 1. The summed E-state index contributed by atoms with van der Waals surface area (Å²) in [4.78, 5) is 33.4. The molecule has 0 aliphatic heterocycles. The number of halogens is 3. The second-order valence-electron chi connectivity index (χ2n) is 8.01. The lowest BCUT2D eigenvalue weighted by Crippen LogP contribution is -2.54. The van der Waals surface area contributed by atoms with Crippen molar-refractivity contribution in [3.8, 4) is 0 Å². The summed E-state index contributed by atoms with van der Waals surface area (Å²) in [6.07, 6.45) is -4.45.